The number of carbonyl (C=O) groups is 2. The maximum Gasteiger partial charge on any atom is 0.306 e. The molecule has 6 nitrogen and oxygen atoms in total. The van der Waals surface area contributed by atoms with Crippen LogP contribution in [0.15, 0.2) is 0 Å². The van der Waals surface area contributed by atoms with Crippen LogP contribution in [0.1, 0.15) is 25.7 Å². The predicted molar refractivity (Wildman–Crippen MR) is 75.7 cm³/mol. The third-order valence-corrected chi connectivity index (χ3v) is 4.69. The molecule has 0 aliphatic carbocycles. The second-order valence-corrected chi connectivity index (χ2v) is 6.16. The average Bonchev–Trinajstić information content (AvgIpc) is 2.93. The van der Waals surface area contributed by atoms with E-state index < -0.39 is 0 Å². The number of rotatable bonds is 3. The van der Waals surface area contributed by atoms with Crippen LogP contribution in [0.25, 0.3) is 0 Å². The van der Waals surface area contributed by atoms with Crippen molar-refractivity contribution in [3.63, 3.8) is 0 Å². The number of piperidine rings is 1. The van der Waals surface area contributed by atoms with Crippen molar-refractivity contribution in [1.29, 1.82) is 0 Å². The molecule has 118 valence electrons. The molecule has 3 rings (SSSR count). The summed E-state index contributed by atoms with van der Waals surface area (Å²) >= 11 is 0. The maximum atomic E-state index is 12.4. The van der Waals surface area contributed by atoms with Gasteiger partial charge >= 0.3 is 5.97 Å². The third kappa shape index (κ3) is 3.74. The summed E-state index contributed by atoms with van der Waals surface area (Å²) in [6, 6.07) is 0. The van der Waals surface area contributed by atoms with Gasteiger partial charge in [0.1, 0.15) is 6.10 Å². The summed E-state index contributed by atoms with van der Waals surface area (Å²) in [5, 5.41) is 0. The number of hydrogen-bond acceptors (Lipinski definition) is 5. The highest BCUT2D eigenvalue weighted by atomic mass is 16.5. The van der Waals surface area contributed by atoms with E-state index in [1.165, 1.54) is 0 Å². The number of hydrogen-bond donors (Lipinski definition) is 0. The zero-order chi connectivity index (χ0) is 14.7. The zero-order valence-electron chi connectivity index (χ0n) is 12.5. The first-order valence-electron chi connectivity index (χ1n) is 8.01. The molecule has 0 radical (unpaired) electrons. The molecule has 0 saturated carbocycles. The summed E-state index contributed by atoms with van der Waals surface area (Å²) < 4.78 is 10.6. The van der Waals surface area contributed by atoms with Gasteiger partial charge in [-0.1, -0.05) is 0 Å². The van der Waals surface area contributed by atoms with Gasteiger partial charge in [-0.25, -0.2) is 0 Å². The molecular weight excluding hydrogens is 272 g/mol. The summed E-state index contributed by atoms with van der Waals surface area (Å²) in [5.41, 5.74) is 0. The van der Waals surface area contributed by atoms with Crippen LogP contribution >= 0.6 is 0 Å². The van der Waals surface area contributed by atoms with Crippen LogP contribution in [0.5, 0.6) is 0 Å². The van der Waals surface area contributed by atoms with Crippen LogP contribution < -0.4 is 0 Å². The number of carbonyl (C=O) groups excluding carboxylic acids is 2. The van der Waals surface area contributed by atoms with Gasteiger partial charge in [-0.15, -0.1) is 0 Å². The molecule has 0 unspecified atom stereocenters. The van der Waals surface area contributed by atoms with E-state index in [1.54, 1.807) is 0 Å². The maximum absolute atomic E-state index is 12.4. The number of ether oxygens (including phenoxy) is 2. The topological polar surface area (TPSA) is 59.1 Å². The number of esters is 1. The monoisotopic (exact) mass is 296 g/mol. The lowest BCUT2D eigenvalue weighted by molar-refractivity contribution is -0.142. The van der Waals surface area contributed by atoms with Gasteiger partial charge in [0, 0.05) is 32.0 Å². The normalized spacial score (nSPS) is 28.7. The van der Waals surface area contributed by atoms with Crippen LogP contribution in [0.3, 0.4) is 0 Å². The second-order valence-electron chi connectivity index (χ2n) is 6.16. The number of morpholine rings is 1. The molecule has 0 aromatic rings. The Morgan fingerprint density at radius 2 is 1.81 bits per heavy atom. The van der Waals surface area contributed by atoms with Crippen molar-refractivity contribution >= 4 is 11.9 Å². The smallest absolute Gasteiger partial charge is 0.306 e. The average molecular weight is 296 g/mol. The molecule has 0 spiro atoms. The summed E-state index contributed by atoms with van der Waals surface area (Å²) in [6.07, 6.45) is 3.28. The fourth-order valence-electron chi connectivity index (χ4n) is 3.40. The number of nitrogens with zero attached hydrogens (tertiary/aromatic N) is 2. The molecule has 1 amide bonds. The van der Waals surface area contributed by atoms with Gasteiger partial charge in [0.25, 0.3) is 0 Å². The molecule has 3 fully saturated rings. The number of cyclic esters (lactones) is 1. The van der Waals surface area contributed by atoms with Crippen molar-refractivity contribution in [2.75, 3.05) is 45.9 Å². The minimum absolute atomic E-state index is 0.0593. The first-order valence-corrected chi connectivity index (χ1v) is 8.01. The van der Waals surface area contributed by atoms with Crippen molar-refractivity contribution < 1.29 is 19.1 Å². The summed E-state index contributed by atoms with van der Waals surface area (Å²) in [7, 11) is 0. The Morgan fingerprint density at radius 3 is 2.43 bits per heavy atom. The van der Waals surface area contributed by atoms with Gasteiger partial charge in [0.15, 0.2) is 0 Å². The van der Waals surface area contributed by atoms with Crippen LogP contribution in [-0.2, 0) is 19.1 Å². The first-order chi connectivity index (χ1) is 10.2. The lowest BCUT2D eigenvalue weighted by Gasteiger charge is -2.36. The van der Waals surface area contributed by atoms with E-state index in [1.807, 2.05) is 4.90 Å². The van der Waals surface area contributed by atoms with Crippen molar-refractivity contribution in [3.05, 3.63) is 0 Å². The summed E-state index contributed by atoms with van der Waals surface area (Å²) in [6.45, 7) is 5.47. The Morgan fingerprint density at radius 1 is 1.10 bits per heavy atom. The van der Waals surface area contributed by atoms with E-state index in [0.717, 1.165) is 52.0 Å². The highest BCUT2D eigenvalue weighted by Gasteiger charge is 2.31. The summed E-state index contributed by atoms with van der Waals surface area (Å²) in [5.74, 6) is 0.383. The van der Waals surface area contributed by atoms with E-state index in [2.05, 4.69) is 4.90 Å². The van der Waals surface area contributed by atoms with E-state index in [-0.39, 0.29) is 18.0 Å². The fourth-order valence-corrected chi connectivity index (χ4v) is 3.40. The van der Waals surface area contributed by atoms with Crippen molar-refractivity contribution in [1.82, 2.24) is 9.80 Å². The molecule has 3 aliphatic heterocycles. The lowest BCUT2D eigenvalue weighted by atomic mass is 9.95. The Hall–Kier alpha value is -1.14. The first kappa shape index (κ1) is 14.8. The summed E-state index contributed by atoms with van der Waals surface area (Å²) in [4.78, 5) is 27.8. The van der Waals surface area contributed by atoms with Gasteiger partial charge in [-0.2, -0.15) is 0 Å². The highest BCUT2D eigenvalue weighted by molar-refractivity contribution is 5.79. The molecule has 21 heavy (non-hydrogen) atoms. The van der Waals surface area contributed by atoms with E-state index in [9.17, 15) is 9.59 Å². The van der Waals surface area contributed by atoms with E-state index >= 15 is 0 Å². The SMILES string of the molecule is O=C1CC[C@H](CN2CCC(C(=O)N3CCOCC3)CC2)O1. The number of amides is 1. The number of likely N-dealkylation sites (tertiary alicyclic amines) is 1. The Labute approximate surface area is 125 Å². The van der Waals surface area contributed by atoms with Gasteiger partial charge in [-0.05, 0) is 32.4 Å². The van der Waals surface area contributed by atoms with Gasteiger partial charge in [0.2, 0.25) is 5.91 Å². The third-order valence-electron chi connectivity index (χ3n) is 4.69. The standard InChI is InChI=1S/C15H24N2O4/c18-14-2-1-13(21-14)11-16-5-3-12(4-6-16)15(19)17-7-9-20-10-8-17/h12-13H,1-11H2/t13-/m1/s1. The molecule has 0 aromatic carbocycles. The highest BCUT2D eigenvalue weighted by Crippen LogP contribution is 2.22. The molecule has 3 heterocycles. The van der Waals surface area contributed by atoms with Crippen molar-refractivity contribution in [2.24, 2.45) is 5.92 Å². The van der Waals surface area contributed by atoms with Crippen LogP contribution in [-0.4, -0.2) is 73.7 Å². The van der Waals surface area contributed by atoms with Crippen LogP contribution in [0.4, 0.5) is 0 Å². The van der Waals surface area contributed by atoms with Gasteiger partial charge < -0.3 is 14.4 Å². The van der Waals surface area contributed by atoms with Gasteiger partial charge in [0.05, 0.1) is 13.2 Å². The zero-order valence-corrected chi connectivity index (χ0v) is 12.5. The molecule has 0 aromatic heterocycles. The molecule has 3 saturated heterocycles. The molecular formula is C15H24N2O4. The molecule has 0 N–H and O–H groups in total. The Balaban J connectivity index is 1.42. The molecule has 0 bridgehead atoms. The molecule has 1 atom stereocenters. The molecule has 6 heteroatoms. The molecule has 3 aliphatic rings. The second kappa shape index (κ2) is 6.75. The Kier molecular flexibility index (Phi) is 4.75. The largest absolute Gasteiger partial charge is 0.461 e. The minimum Gasteiger partial charge on any atom is -0.461 e. The predicted octanol–water partition coefficient (Wildman–Crippen LogP) is 0.263. The van der Waals surface area contributed by atoms with Crippen molar-refractivity contribution in [2.45, 2.75) is 31.8 Å². The quantitative estimate of drug-likeness (QED) is 0.699. The minimum atomic E-state index is -0.0719. The Bertz CT molecular complexity index is 387. The van der Waals surface area contributed by atoms with E-state index in [4.69, 9.17) is 9.47 Å². The van der Waals surface area contributed by atoms with Crippen LogP contribution in [0.2, 0.25) is 0 Å². The van der Waals surface area contributed by atoms with E-state index in [0.29, 0.717) is 25.5 Å². The lowest BCUT2D eigenvalue weighted by Crippen LogP contribution is -2.47. The fraction of sp³-hybridized carbons (Fsp3) is 0.867. The van der Waals surface area contributed by atoms with Crippen LogP contribution in [0, 0.1) is 5.92 Å². The van der Waals surface area contributed by atoms with Crippen molar-refractivity contribution in [3.8, 4) is 0 Å². The van der Waals surface area contributed by atoms with Gasteiger partial charge in [-0.3, -0.25) is 14.5 Å².